The van der Waals surface area contributed by atoms with E-state index in [-0.39, 0.29) is 16.7 Å². The molecule has 1 N–H and O–H groups in total. The number of nitro benzene ring substituents is 1. The lowest BCUT2D eigenvalue weighted by Crippen LogP contribution is -2.48. The molecule has 0 saturated heterocycles. The zero-order valence-electron chi connectivity index (χ0n) is 19.7. The molecule has 1 aliphatic heterocycles. The van der Waals surface area contributed by atoms with E-state index in [9.17, 15) is 10.1 Å². The maximum absolute atomic E-state index is 11.6. The highest BCUT2D eigenvalue weighted by Gasteiger charge is 2.52. The number of nitro groups is 1. The second-order valence-corrected chi connectivity index (χ2v) is 11.7. The lowest BCUT2D eigenvalue weighted by atomic mass is 9.48. The van der Waals surface area contributed by atoms with E-state index in [1.807, 2.05) is 6.07 Å². The molecule has 3 atom stereocenters. The Balaban J connectivity index is 1.26. The van der Waals surface area contributed by atoms with Gasteiger partial charge in [-0.25, -0.2) is 0 Å². The molecule has 4 fully saturated rings. The molecule has 0 spiro atoms. The Labute approximate surface area is 200 Å². The van der Waals surface area contributed by atoms with Crippen LogP contribution < -0.4 is 10.1 Å². The summed E-state index contributed by atoms with van der Waals surface area (Å²) < 4.78 is 5.23. The number of fused-ring (bicyclic) bond motifs is 3. The van der Waals surface area contributed by atoms with Gasteiger partial charge in [-0.05, 0) is 103 Å². The van der Waals surface area contributed by atoms with Gasteiger partial charge < -0.3 is 10.1 Å². The Bertz CT molecular complexity index is 1170. The second-order valence-electron chi connectivity index (χ2n) is 11.7. The van der Waals surface area contributed by atoms with Gasteiger partial charge in [0.1, 0.15) is 0 Å². The van der Waals surface area contributed by atoms with Crippen LogP contribution in [0.2, 0.25) is 0 Å². The molecule has 34 heavy (non-hydrogen) atoms. The molecule has 0 aromatic heterocycles. The zero-order chi connectivity index (χ0) is 23.0. The summed E-state index contributed by atoms with van der Waals surface area (Å²) in [5, 5.41) is 15.4. The fourth-order valence-corrected chi connectivity index (χ4v) is 8.76. The van der Waals surface area contributed by atoms with Gasteiger partial charge in [-0.15, -0.1) is 0 Å². The Morgan fingerprint density at radius 2 is 1.76 bits per heavy atom. The van der Waals surface area contributed by atoms with E-state index >= 15 is 0 Å². The number of ether oxygens (including phenoxy) is 1. The Morgan fingerprint density at radius 3 is 2.44 bits per heavy atom. The lowest BCUT2D eigenvalue weighted by molar-refractivity contribution is -0.385. The van der Waals surface area contributed by atoms with E-state index in [1.165, 1.54) is 56.9 Å². The number of rotatable bonds is 4. The van der Waals surface area contributed by atoms with Crippen molar-refractivity contribution in [2.75, 3.05) is 12.4 Å². The van der Waals surface area contributed by atoms with Crippen LogP contribution in [0.1, 0.15) is 73.6 Å². The largest absolute Gasteiger partial charge is 0.490 e. The Morgan fingerprint density at radius 1 is 1.03 bits per heavy atom. The fourth-order valence-electron chi connectivity index (χ4n) is 8.76. The SMILES string of the molecule is COc1ccc([C@@H]2Nc3ccc(C45CC6CC(CC(C6)C4)C5)cc3[C@@H]3C=CC[C@@H]32)cc1[N+](=O)[O-]. The minimum absolute atomic E-state index is 0.0345. The van der Waals surface area contributed by atoms with E-state index in [2.05, 4.69) is 35.7 Å². The van der Waals surface area contributed by atoms with Gasteiger partial charge in [-0.2, -0.15) is 0 Å². The molecular formula is C29H32N2O3. The first-order valence-corrected chi connectivity index (χ1v) is 12.9. The van der Waals surface area contributed by atoms with Crippen molar-refractivity contribution in [3.63, 3.8) is 0 Å². The van der Waals surface area contributed by atoms with Crippen molar-refractivity contribution in [1.29, 1.82) is 0 Å². The number of anilines is 1. The minimum Gasteiger partial charge on any atom is -0.490 e. The van der Waals surface area contributed by atoms with Gasteiger partial charge in [0.15, 0.2) is 5.75 Å². The molecule has 176 valence electrons. The standard InChI is InChI=1S/C29H32N2O3/c1-34-27-8-5-20(12-26(27)31(32)33)28-23-4-2-3-22(23)24-13-21(6-7-25(24)30-28)29-14-17-9-18(15-29)11-19(10-17)16-29/h2-3,5-8,12-13,17-19,22-23,28,30H,4,9-11,14-16H2,1H3/t17?,18?,19?,22-,23+,28+,29?/m1/s1. The molecule has 5 aliphatic carbocycles. The van der Waals surface area contributed by atoms with Crippen molar-refractivity contribution in [2.45, 2.75) is 62.3 Å². The second kappa shape index (κ2) is 7.34. The van der Waals surface area contributed by atoms with Crippen molar-refractivity contribution in [1.82, 2.24) is 0 Å². The van der Waals surface area contributed by atoms with Crippen molar-refractivity contribution in [2.24, 2.45) is 23.7 Å². The van der Waals surface area contributed by atoms with Gasteiger partial charge in [0.05, 0.1) is 18.1 Å². The minimum atomic E-state index is -0.346. The molecule has 8 rings (SSSR count). The van der Waals surface area contributed by atoms with Crippen molar-refractivity contribution in [3.8, 4) is 5.75 Å². The molecule has 6 aliphatic rings. The number of benzene rings is 2. The molecule has 1 heterocycles. The quantitative estimate of drug-likeness (QED) is 0.309. The molecule has 2 aromatic carbocycles. The number of nitrogens with one attached hydrogen (secondary N) is 1. The van der Waals surface area contributed by atoms with E-state index in [0.29, 0.717) is 23.0 Å². The molecule has 2 aromatic rings. The summed E-state index contributed by atoms with van der Waals surface area (Å²) in [6, 6.07) is 12.7. The van der Waals surface area contributed by atoms with Gasteiger partial charge in [0, 0.05) is 17.7 Å². The summed E-state index contributed by atoms with van der Waals surface area (Å²) in [4.78, 5) is 11.3. The molecule has 5 nitrogen and oxygen atoms in total. The van der Waals surface area contributed by atoms with E-state index in [0.717, 1.165) is 29.7 Å². The predicted molar refractivity (Wildman–Crippen MR) is 132 cm³/mol. The third-order valence-electron chi connectivity index (χ3n) is 9.77. The van der Waals surface area contributed by atoms with Gasteiger partial charge in [-0.1, -0.05) is 30.4 Å². The molecule has 4 saturated carbocycles. The average molecular weight is 457 g/mol. The average Bonchev–Trinajstić information content (AvgIpc) is 3.32. The van der Waals surface area contributed by atoms with Gasteiger partial charge >= 0.3 is 5.69 Å². The van der Waals surface area contributed by atoms with Gasteiger partial charge in [-0.3, -0.25) is 10.1 Å². The van der Waals surface area contributed by atoms with Gasteiger partial charge in [0.2, 0.25) is 0 Å². The van der Waals surface area contributed by atoms with Crippen LogP contribution in [0.15, 0.2) is 48.6 Å². The summed E-state index contributed by atoms with van der Waals surface area (Å²) in [6.45, 7) is 0. The highest BCUT2D eigenvalue weighted by molar-refractivity contribution is 5.62. The summed E-state index contributed by atoms with van der Waals surface area (Å²) in [7, 11) is 1.48. The van der Waals surface area contributed by atoms with Crippen LogP contribution in [0.3, 0.4) is 0 Å². The smallest absolute Gasteiger partial charge is 0.311 e. The fraction of sp³-hybridized carbons (Fsp3) is 0.517. The highest BCUT2D eigenvalue weighted by atomic mass is 16.6. The highest BCUT2D eigenvalue weighted by Crippen LogP contribution is 2.61. The number of nitrogens with zero attached hydrogens (tertiary/aromatic N) is 1. The molecule has 4 bridgehead atoms. The number of hydrogen-bond acceptors (Lipinski definition) is 4. The van der Waals surface area contributed by atoms with Crippen LogP contribution in [-0.4, -0.2) is 12.0 Å². The van der Waals surface area contributed by atoms with Gasteiger partial charge in [0.25, 0.3) is 0 Å². The van der Waals surface area contributed by atoms with E-state index < -0.39 is 0 Å². The lowest BCUT2D eigenvalue weighted by Gasteiger charge is -2.57. The topological polar surface area (TPSA) is 64.4 Å². The Kier molecular flexibility index (Phi) is 4.43. The number of methoxy groups -OCH3 is 1. The van der Waals surface area contributed by atoms with Crippen molar-refractivity contribution >= 4 is 11.4 Å². The van der Waals surface area contributed by atoms with Crippen LogP contribution >= 0.6 is 0 Å². The first-order chi connectivity index (χ1) is 16.5. The third-order valence-corrected chi connectivity index (χ3v) is 9.77. The van der Waals surface area contributed by atoms with Crippen LogP contribution in [0.25, 0.3) is 0 Å². The first-order valence-electron chi connectivity index (χ1n) is 12.9. The van der Waals surface area contributed by atoms with Crippen LogP contribution in [-0.2, 0) is 5.41 Å². The number of hydrogen-bond donors (Lipinski definition) is 1. The molecular weight excluding hydrogens is 424 g/mol. The molecule has 0 radical (unpaired) electrons. The third kappa shape index (κ3) is 2.98. The molecule has 0 unspecified atom stereocenters. The zero-order valence-corrected chi connectivity index (χ0v) is 19.7. The van der Waals surface area contributed by atoms with E-state index in [1.54, 1.807) is 17.7 Å². The summed E-state index contributed by atoms with van der Waals surface area (Å²) in [6.07, 6.45) is 14.2. The predicted octanol–water partition coefficient (Wildman–Crippen LogP) is 6.90. The normalized spacial score (nSPS) is 36.6. The maximum atomic E-state index is 11.6. The summed E-state index contributed by atoms with van der Waals surface area (Å²) >= 11 is 0. The van der Waals surface area contributed by atoms with Crippen LogP contribution in [0.5, 0.6) is 5.75 Å². The van der Waals surface area contributed by atoms with Crippen molar-refractivity contribution < 1.29 is 9.66 Å². The summed E-state index contributed by atoms with van der Waals surface area (Å²) in [5.74, 6) is 3.86. The first kappa shape index (κ1) is 20.5. The van der Waals surface area contributed by atoms with Crippen LogP contribution in [0, 0.1) is 33.8 Å². The van der Waals surface area contributed by atoms with Crippen molar-refractivity contribution in [3.05, 3.63) is 75.4 Å². The van der Waals surface area contributed by atoms with E-state index in [4.69, 9.17) is 4.74 Å². The Hall–Kier alpha value is -2.82. The van der Waals surface area contributed by atoms with Crippen LogP contribution in [0.4, 0.5) is 11.4 Å². The monoisotopic (exact) mass is 456 g/mol. The maximum Gasteiger partial charge on any atom is 0.311 e. The number of allylic oxidation sites excluding steroid dienone is 2. The molecule has 0 amide bonds. The summed E-state index contributed by atoms with van der Waals surface area (Å²) in [5.41, 5.74) is 5.57. The molecule has 5 heteroatoms.